The fourth-order valence-electron chi connectivity index (χ4n) is 4.56. The van der Waals surface area contributed by atoms with Gasteiger partial charge >= 0.3 is 0 Å². The maximum atomic E-state index is 13.6. The highest BCUT2D eigenvalue weighted by Crippen LogP contribution is 2.44. The zero-order valence-corrected chi connectivity index (χ0v) is 18.3. The van der Waals surface area contributed by atoms with E-state index in [-0.39, 0.29) is 11.9 Å². The zero-order chi connectivity index (χ0) is 22.2. The van der Waals surface area contributed by atoms with Crippen molar-refractivity contribution in [2.24, 2.45) is 0 Å². The molecular formula is C25H24N4O3. The van der Waals surface area contributed by atoms with Gasteiger partial charge in [-0.25, -0.2) is 4.98 Å². The van der Waals surface area contributed by atoms with Crippen molar-refractivity contribution in [1.29, 1.82) is 0 Å². The summed E-state index contributed by atoms with van der Waals surface area (Å²) in [5, 5.41) is 1.18. The number of nitrogens with zero attached hydrogens (tertiary/aromatic N) is 3. The monoisotopic (exact) mass is 428 g/mol. The highest BCUT2D eigenvalue weighted by Gasteiger charge is 2.37. The number of rotatable bonds is 4. The second-order valence-electron chi connectivity index (χ2n) is 7.84. The van der Waals surface area contributed by atoms with Gasteiger partial charge in [-0.05, 0) is 31.0 Å². The Morgan fingerprint density at radius 3 is 2.66 bits per heavy atom. The van der Waals surface area contributed by atoms with Gasteiger partial charge in [0.2, 0.25) is 0 Å². The Labute approximate surface area is 186 Å². The molecule has 0 fully saturated rings. The fraction of sp³-hybridized carbons (Fsp3) is 0.240. The molecule has 0 spiro atoms. The Kier molecular flexibility index (Phi) is 5.01. The second kappa shape index (κ2) is 8.00. The summed E-state index contributed by atoms with van der Waals surface area (Å²) < 4.78 is 11.3. The lowest BCUT2D eigenvalue weighted by atomic mass is 9.91. The molecule has 1 atom stereocenters. The minimum Gasteiger partial charge on any atom is -0.493 e. The number of nitrogens with one attached hydrogen (secondary N) is 1. The minimum absolute atomic E-state index is 0.170. The van der Waals surface area contributed by atoms with Crippen molar-refractivity contribution >= 4 is 16.8 Å². The molecule has 7 nitrogen and oxygen atoms in total. The Balaban J connectivity index is 1.71. The molecule has 0 radical (unpaired) electrons. The summed E-state index contributed by atoms with van der Waals surface area (Å²) in [5.41, 5.74) is 5.19. The maximum absolute atomic E-state index is 13.6. The Bertz CT molecular complexity index is 1300. The number of para-hydroxylation sites is 2. The van der Waals surface area contributed by atoms with Crippen LogP contribution in [0.5, 0.6) is 11.5 Å². The van der Waals surface area contributed by atoms with Gasteiger partial charge in [0.1, 0.15) is 11.7 Å². The van der Waals surface area contributed by atoms with E-state index in [1.54, 1.807) is 20.4 Å². The van der Waals surface area contributed by atoms with Crippen LogP contribution in [0, 0.1) is 6.92 Å². The first-order chi connectivity index (χ1) is 15.6. The molecular weight excluding hydrogens is 404 g/mol. The van der Waals surface area contributed by atoms with Crippen molar-refractivity contribution in [3.63, 3.8) is 0 Å². The van der Waals surface area contributed by atoms with Crippen LogP contribution in [-0.4, -0.2) is 46.5 Å². The average Bonchev–Trinajstić information content (AvgIpc) is 3.21. The molecule has 3 heterocycles. The lowest BCUT2D eigenvalue weighted by Gasteiger charge is -2.36. The van der Waals surface area contributed by atoms with E-state index in [0.717, 1.165) is 28.9 Å². The van der Waals surface area contributed by atoms with Crippen molar-refractivity contribution in [2.45, 2.75) is 19.4 Å². The maximum Gasteiger partial charge on any atom is 0.274 e. The molecule has 32 heavy (non-hydrogen) atoms. The largest absolute Gasteiger partial charge is 0.493 e. The lowest BCUT2D eigenvalue weighted by Crippen LogP contribution is -2.41. The minimum atomic E-state index is -0.383. The van der Waals surface area contributed by atoms with Gasteiger partial charge in [-0.3, -0.25) is 9.78 Å². The van der Waals surface area contributed by atoms with Crippen LogP contribution in [0.25, 0.3) is 10.9 Å². The van der Waals surface area contributed by atoms with Crippen LogP contribution in [0.3, 0.4) is 0 Å². The van der Waals surface area contributed by atoms with E-state index < -0.39 is 0 Å². The van der Waals surface area contributed by atoms with Crippen molar-refractivity contribution in [2.75, 3.05) is 20.8 Å². The second-order valence-corrected chi connectivity index (χ2v) is 7.84. The Morgan fingerprint density at radius 2 is 1.91 bits per heavy atom. The molecule has 1 aliphatic heterocycles. The number of methoxy groups -OCH3 is 2. The molecule has 7 heteroatoms. The van der Waals surface area contributed by atoms with Gasteiger partial charge in [0.05, 0.1) is 26.1 Å². The molecule has 0 unspecified atom stereocenters. The van der Waals surface area contributed by atoms with E-state index in [1.807, 2.05) is 42.2 Å². The number of carbonyl (C=O) groups excluding carboxylic acids is 1. The van der Waals surface area contributed by atoms with E-state index >= 15 is 0 Å². The number of benzene rings is 2. The molecule has 1 amide bonds. The SMILES string of the molecule is COc1cccc([C@H]2c3[nH]c4ccccc4c3CCN2C(=O)c2cnc(C)cn2)c1OC. The third-order valence-electron chi connectivity index (χ3n) is 6.02. The van der Waals surface area contributed by atoms with Crippen LogP contribution in [0.2, 0.25) is 0 Å². The normalized spacial score (nSPS) is 15.5. The number of aromatic nitrogens is 3. The smallest absolute Gasteiger partial charge is 0.274 e. The van der Waals surface area contributed by atoms with Gasteiger partial charge in [-0.15, -0.1) is 0 Å². The van der Waals surface area contributed by atoms with Crippen LogP contribution in [0.4, 0.5) is 0 Å². The summed E-state index contributed by atoms with van der Waals surface area (Å²) in [7, 11) is 3.23. The molecule has 0 aliphatic carbocycles. The van der Waals surface area contributed by atoms with Crippen molar-refractivity contribution in [1.82, 2.24) is 19.9 Å². The van der Waals surface area contributed by atoms with Crippen molar-refractivity contribution < 1.29 is 14.3 Å². The van der Waals surface area contributed by atoms with Gasteiger partial charge in [0.15, 0.2) is 11.5 Å². The number of hydrogen-bond acceptors (Lipinski definition) is 5. The molecule has 5 rings (SSSR count). The number of fused-ring (bicyclic) bond motifs is 3. The molecule has 0 saturated heterocycles. The highest BCUT2D eigenvalue weighted by atomic mass is 16.5. The lowest BCUT2D eigenvalue weighted by molar-refractivity contribution is 0.0683. The Hall–Kier alpha value is -3.87. The van der Waals surface area contributed by atoms with Crippen LogP contribution in [0.1, 0.15) is 39.0 Å². The van der Waals surface area contributed by atoms with E-state index in [4.69, 9.17) is 9.47 Å². The fourth-order valence-corrected chi connectivity index (χ4v) is 4.56. The number of ether oxygens (including phenoxy) is 2. The van der Waals surface area contributed by atoms with Crippen LogP contribution in [0.15, 0.2) is 54.9 Å². The third-order valence-corrected chi connectivity index (χ3v) is 6.02. The molecule has 1 N–H and O–H groups in total. The molecule has 162 valence electrons. The first-order valence-corrected chi connectivity index (χ1v) is 10.5. The molecule has 0 bridgehead atoms. The molecule has 4 aromatic rings. The van der Waals surface area contributed by atoms with Crippen molar-refractivity contribution in [3.05, 3.63) is 83.1 Å². The number of amides is 1. The summed E-state index contributed by atoms with van der Waals surface area (Å²) >= 11 is 0. The van der Waals surface area contributed by atoms with E-state index in [2.05, 4.69) is 27.1 Å². The first kappa shape index (κ1) is 20.1. The summed E-state index contributed by atoms with van der Waals surface area (Å²) in [6, 6.07) is 13.6. The molecule has 2 aromatic carbocycles. The summed E-state index contributed by atoms with van der Waals surface area (Å²) in [6.07, 6.45) is 3.90. The van der Waals surface area contributed by atoms with E-state index in [9.17, 15) is 4.79 Å². The van der Waals surface area contributed by atoms with Crippen LogP contribution < -0.4 is 9.47 Å². The van der Waals surface area contributed by atoms with Crippen LogP contribution in [-0.2, 0) is 6.42 Å². The number of carbonyl (C=O) groups is 1. The van der Waals surface area contributed by atoms with Crippen LogP contribution >= 0.6 is 0 Å². The zero-order valence-electron chi connectivity index (χ0n) is 18.3. The quantitative estimate of drug-likeness (QED) is 0.530. The van der Waals surface area contributed by atoms with Gasteiger partial charge in [0.25, 0.3) is 5.91 Å². The third kappa shape index (κ3) is 3.17. The molecule has 1 aliphatic rings. The average molecular weight is 428 g/mol. The van der Waals surface area contributed by atoms with Gasteiger partial charge in [-0.2, -0.15) is 0 Å². The first-order valence-electron chi connectivity index (χ1n) is 10.5. The van der Waals surface area contributed by atoms with E-state index in [1.165, 1.54) is 17.1 Å². The topological polar surface area (TPSA) is 80.3 Å². The Morgan fingerprint density at radius 1 is 1.06 bits per heavy atom. The predicted molar refractivity (Wildman–Crippen MR) is 121 cm³/mol. The molecule has 0 saturated carbocycles. The summed E-state index contributed by atoms with van der Waals surface area (Å²) in [5.74, 6) is 1.06. The summed E-state index contributed by atoms with van der Waals surface area (Å²) in [4.78, 5) is 27.6. The number of aromatic amines is 1. The van der Waals surface area contributed by atoms with Crippen molar-refractivity contribution in [3.8, 4) is 11.5 Å². The number of H-pyrrole nitrogens is 1. The standard InChI is InChI=1S/C25H24N4O3/c1-15-13-27-20(14-26-15)25(30)29-12-11-17-16-7-4-5-9-19(16)28-22(17)23(29)18-8-6-10-21(31-2)24(18)32-3/h4-10,13-14,23,28H,11-12H2,1-3H3/t23-/m0/s1. The molecule has 2 aromatic heterocycles. The highest BCUT2D eigenvalue weighted by molar-refractivity contribution is 5.94. The number of aryl methyl sites for hydroxylation is 1. The van der Waals surface area contributed by atoms with E-state index in [0.29, 0.717) is 23.7 Å². The van der Waals surface area contributed by atoms with Gasteiger partial charge in [-0.1, -0.05) is 30.3 Å². The van der Waals surface area contributed by atoms with Gasteiger partial charge in [0, 0.05) is 34.9 Å². The predicted octanol–water partition coefficient (Wildman–Crippen LogP) is 4.07. The number of hydrogen-bond donors (Lipinski definition) is 1. The summed E-state index contributed by atoms with van der Waals surface area (Å²) in [6.45, 7) is 2.40. The van der Waals surface area contributed by atoms with Gasteiger partial charge < -0.3 is 19.4 Å².